The number of nitrogens with zero attached hydrogens (tertiary/aromatic N) is 5. The number of ether oxygens (including phenoxy) is 2. The van der Waals surface area contributed by atoms with E-state index < -0.39 is 18.0 Å². The van der Waals surface area contributed by atoms with Crippen molar-refractivity contribution >= 4 is 17.5 Å². The maximum Gasteiger partial charge on any atom is 0.414 e. The lowest BCUT2D eigenvalue weighted by Crippen LogP contribution is -2.52. The summed E-state index contributed by atoms with van der Waals surface area (Å²) in [5.74, 6) is -0.400. The molecule has 23 heavy (non-hydrogen) atoms. The van der Waals surface area contributed by atoms with Crippen molar-refractivity contribution < 1.29 is 18.7 Å². The van der Waals surface area contributed by atoms with E-state index in [-0.39, 0.29) is 19.2 Å². The van der Waals surface area contributed by atoms with E-state index in [1.165, 1.54) is 11.0 Å². The second kappa shape index (κ2) is 6.31. The summed E-state index contributed by atoms with van der Waals surface area (Å²) in [6.07, 6.45) is -0.957. The highest BCUT2D eigenvalue weighted by Crippen LogP contribution is 2.30. The fourth-order valence-electron chi connectivity index (χ4n) is 2.66. The van der Waals surface area contributed by atoms with Crippen molar-refractivity contribution in [3.63, 3.8) is 0 Å². The van der Waals surface area contributed by atoms with Crippen molar-refractivity contribution in [1.29, 1.82) is 0 Å². The van der Waals surface area contributed by atoms with Crippen LogP contribution in [0.4, 0.5) is 20.6 Å². The molecule has 122 valence electrons. The lowest BCUT2D eigenvalue weighted by Gasteiger charge is -2.40. The summed E-state index contributed by atoms with van der Waals surface area (Å²) in [7, 11) is 1.63. The number of carbonyl (C=O) groups excluding carboxylic acids is 1. The number of rotatable bonds is 5. The zero-order chi connectivity index (χ0) is 16.4. The van der Waals surface area contributed by atoms with Crippen LogP contribution in [0.1, 0.15) is 0 Å². The van der Waals surface area contributed by atoms with E-state index in [0.29, 0.717) is 24.5 Å². The molecule has 0 radical (unpaired) electrons. The van der Waals surface area contributed by atoms with Gasteiger partial charge in [0.15, 0.2) is 0 Å². The Bertz CT molecular complexity index is 658. The summed E-state index contributed by atoms with van der Waals surface area (Å²) < 4.78 is 24.6. The third-order valence-electron chi connectivity index (χ3n) is 3.99. The summed E-state index contributed by atoms with van der Waals surface area (Å²) in [5, 5.41) is 3.39. The number of halogens is 1. The predicted octanol–water partition coefficient (Wildman–Crippen LogP) is 2.30. The molecule has 2 saturated heterocycles. The minimum Gasteiger partial charge on any atom is -0.444 e. The highest BCUT2D eigenvalue weighted by atomic mass is 19.1. The van der Waals surface area contributed by atoms with Crippen LogP contribution in [0.3, 0.4) is 0 Å². The third kappa shape index (κ3) is 3.01. The van der Waals surface area contributed by atoms with E-state index in [1.807, 2.05) is 4.90 Å². The van der Waals surface area contributed by atoms with Crippen LogP contribution in [-0.4, -0.2) is 51.6 Å². The molecule has 2 aliphatic rings. The van der Waals surface area contributed by atoms with Crippen LogP contribution >= 0.6 is 0 Å². The lowest BCUT2D eigenvalue weighted by molar-refractivity contribution is 0.0784. The molecule has 0 bridgehead atoms. The second-order valence-electron chi connectivity index (χ2n) is 5.43. The van der Waals surface area contributed by atoms with Crippen molar-refractivity contribution in [3.8, 4) is 0 Å². The predicted molar refractivity (Wildman–Crippen MR) is 81.0 cm³/mol. The molecule has 3 rings (SSSR count). The number of carbonyl (C=O) groups is 1. The number of azide groups is 1. The molecule has 0 unspecified atom stereocenters. The highest BCUT2D eigenvalue weighted by Gasteiger charge is 2.33. The molecule has 0 N–H and O–H groups in total. The van der Waals surface area contributed by atoms with E-state index in [1.54, 1.807) is 19.2 Å². The Kier molecular flexibility index (Phi) is 4.22. The van der Waals surface area contributed by atoms with Crippen molar-refractivity contribution in [3.05, 3.63) is 34.5 Å². The number of cyclic esters (lactones) is 1. The van der Waals surface area contributed by atoms with Gasteiger partial charge >= 0.3 is 6.09 Å². The second-order valence-corrected chi connectivity index (χ2v) is 5.43. The zero-order valence-electron chi connectivity index (χ0n) is 12.6. The average Bonchev–Trinajstić information content (AvgIpc) is 2.86. The van der Waals surface area contributed by atoms with Gasteiger partial charge in [-0.3, -0.25) is 4.90 Å². The SMILES string of the molecule is COC1CN(c2ccc(N3C[C@H](CN=[N+]=[N-])OC3=O)cc2F)C1. The van der Waals surface area contributed by atoms with Gasteiger partial charge in [0, 0.05) is 25.1 Å². The Morgan fingerprint density at radius 2 is 2.26 bits per heavy atom. The quantitative estimate of drug-likeness (QED) is 0.472. The molecule has 8 nitrogen and oxygen atoms in total. The Morgan fingerprint density at radius 3 is 2.91 bits per heavy atom. The first-order valence-electron chi connectivity index (χ1n) is 7.18. The Balaban J connectivity index is 1.70. The topological polar surface area (TPSA) is 90.8 Å². The number of methoxy groups -OCH3 is 1. The van der Waals surface area contributed by atoms with Gasteiger partial charge < -0.3 is 14.4 Å². The molecule has 2 fully saturated rings. The van der Waals surface area contributed by atoms with Gasteiger partial charge in [-0.2, -0.15) is 0 Å². The minimum absolute atomic E-state index is 0.0610. The maximum absolute atomic E-state index is 14.3. The summed E-state index contributed by atoms with van der Waals surface area (Å²) in [6.45, 7) is 1.58. The van der Waals surface area contributed by atoms with E-state index in [2.05, 4.69) is 10.0 Å². The molecule has 1 aromatic rings. The largest absolute Gasteiger partial charge is 0.444 e. The molecule has 0 spiro atoms. The van der Waals surface area contributed by atoms with E-state index in [4.69, 9.17) is 15.0 Å². The van der Waals surface area contributed by atoms with Crippen LogP contribution in [0.25, 0.3) is 10.4 Å². The summed E-state index contributed by atoms with van der Waals surface area (Å²) in [5.41, 5.74) is 9.21. The number of anilines is 2. The molecule has 9 heteroatoms. The van der Waals surface area contributed by atoms with Gasteiger partial charge in [0.05, 0.1) is 30.6 Å². The Hall–Kier alpha value is -2.51. The van der Waals surface area contributed by atoms with Crippen LogP contribution in [-0.2, 0) is 9.47 Å². The Morgan fingerprint density at radius 1 is 1.48 bits per heavy atom. The van der Waals surface area contributed by atoms with Crippen molar-refractivity contribution in [2.24, 2.45) is 5.11 Å². The maximum atomic E-state index is 14.3. The van der Waals surface area contributed by atoms with Gasteiger partial charge in [-0.05, 0) is 23.7 Å². The van der Waals surface area contributed by atoms with E-state index in [9.17, 15) is 9.18 Å². The summed E-state index contributed by atoms with van der Waals surface area (Å²) in [6, 6.07) is 4.63. The van der Waals surface area contributed by atoms with Crippen LogP contribution in [0.5, 0.6) is 0 Å². The van der Waals surface area contributed by atoms with Gasteiger partial charge in [0.25, 0.3) is 0 Å². The van der Waals surface area contributed by atoms with Gasteiger partial charge in [-0.25, -0.2) is 9.18 Å². The zero-order valence-corrected chi connectivity index (χ0v) is 12.6. The molecule has 2 aliphatic heterocycles. The molecular weight excluding hydrogens is 305 g/mol. The highest BCUT2D eigenvalue weighted by molar-refractivity contribution is 5.90. The van der Waals surface area contributed by atoms with Crippen molar-refractivity contribution in [2.45, 2.75) is 12.2 Å². The normalized spacial score (nSPS) is 21.0. The smallest absolute Gasteiger partial charge is 0.414 e. The lowest BCUT2D eigenvalue weighted by atomic mass is 10.1. The van der Waals surface area contributed by atoms with Crippen LogP contribution < -0.4 is 9.80 Å². The molecule has 1 atom stereocenters. The molecule has 0 saturated carbocycles. The molecule has 1 aromatic carbocycles. The number of benzene rings is 1. The fourth-order valence-corrected chi connectivity index (χ4v) is 2.66. The first-order valence-corrected chi connectivity index (χ1v) is 7.18. The minimum atomic E-state index is -0.571. The first-order chi connectivity index (χ1) is 11.1. The molecule has 0 aliphatic carbocycles. The van der Waals surface area contributed by atoms with E-state index >= 15 is 0 Å². The number of hydrogen-bond donors (Lipinski definition) is 0. The number of hydrogen-bond acceptors (Lipinski definition) is 5. The van der Waals surface area contributed by atoms with Crippen LogP contribution in [0.2, 0.25) is 0 Å². The van der Waals surface area contributed by atoms with Gasteiger partial charge in [-0.15, -0.1) is 0 Å². The van der Waals surface area contributed by atoms with Crippen molar-refractivity contribution in [2.75, 3.05) is 43.1 Å². The number of amides is 1. The van der Waals surface area contributed by atoms with E-state index in [0.717, 1.165) is 0 Å². The molecule has 2 heterocycles. The summed E-state index contributed by atoms with van der Waals surface area (Å²) >= 11 is 0. The molecule has 0 aromatic heterocycles. The van der Waals surface area contributed by atoms with Crippen LogP contribution in [0.15, 0.2) is 23.3 Å². The average molecular weight is 321 g/mol. The first kappa shape index (κ1) is 15.4. The van der Waals surface area contributed by atoms with Gasteiger partial charge in [0.2, 0.25) is 0 Å². The standard InChI is InChI=1S/C14H16FN5O3/c1-22-11-6-19(7-11)13-3-2-9(4-12(13)15)20-8-10(5-17-18-16)23-14(20)21/h2-4,10-11H,5-8H2,1H3/t10-/m0/s1. The van der Waals surface area contributed by atoms with Gasteiger partial charge in [0.1, 0.15) is 11.9 Å². The van der Waals surface area contributed by atoms with Crippen molar-refractivity contribution in [1.82, 2.24) is 0 Å². The monoisotopic (exact) mass is 321 g/mol. The summed E-state index contributed by atoms with van der Waals surface area (Å²) in [4.78, 5) is 17.7. The third-order valence-corrected chi connectivity index (χ3v) is 3.99. The molecular formula is C14H16FN5O3. The molecule has 1 amide bonds. The fraction of sp³-hybridized carbons (Fsp3) is 0.500. The Labute approximate surface area is 132 Å². The van der Waals surface area contributed by atoms with Gasteiger partial charge in [-0.1, -0.05) is 5.11 Å². The van der Waals surface area contributed by atoms with Crippen LogP contribution in [0, 0.1) is 5.82 Å².